The second kappa shape index (κ2) is 10.1. The predicted octanol–water partition coefficient (Wildman–Crippen LogP) is 2.46. The number of carbonyl (C=O) groups excluding carboxylic acids is 2. The van der Waals surface area contributed by atoms with E-state index in [-0.39, 0.29) is 29.2 Å². The van der Waals surface area contributed by atoms with E-state index in [2.05, 4.69) is 10.0 Å². The minimum atomic E-state index is -3.78. The lowest BCUT2D eigenvalue weighted by Crippen LogP contribution is -2.45. The molecule has 1 aliphatic rings. The summed E-state index contributed by atoms with van der Waals surface area (Å²) in [5, 5.41) is 2.82. The van der Waals surface area contributed by atoms with Crippen LogP contribution in [0.15, 0.2) is 53.4 Å². The van der Waals surface area contributed by atoms with Crippen LogP contribution in [0.3, 0.4) is 0 Å². The first-order valence-electron chi connectivity index (χ1n) is 10.5. The molecule has 166 valence electrons. The molecule has 0 spiro atoms. The van der Waals surface area contributed by atoms with Gasteiger partial charge in [-0.15, -0.1) is 0 Å². The molecule has 2 aromatic carbocycles. The zero-order valence-corrected chi connectivity index (χ0v) is 18.7. The van der Waals surface area contributed by atoms with Gasteiger partial charge in [0.05, 0.1) is 10.8 Å². The molecule has 0 aliphatic carbocycles. The number of piperidine rings is 1. The number of hydrogen-bond acceptors (Lipinski definition) is 4. The first kappa shape index (κ1) is 23.0. The first-order chi connectivity index (χ1) is 14.8. The van der Waals surface area contributed by atoms with E-state index >= 15 is 0 Å². The summed E-state index contributed by atoms with van der Waals surface area (Å²) in [7, 11) is -3.78. The Bertz CT molecular complexity index is 1040. The summed E-state index contributed by atoms with van der Waals surface area (Å²) in [6.45, 7) is 5.26. The predicted molar refractivity (Wildman–Crippen MR) is 119 cm³/mol. The van der Waals surface area contributed by atoms with Crippen LogP contribution in [0.4, 0.5) is 0 Å². The number of hydrogen-bond donors (Lipinski definition) is 2. The molecule has 0 radical (unpaired) electrons. The van der Waals surface area contributed by atoms with E-state index in [1.807, 2.05) is 37.3 Å². The van der Waals surface area contributed by atoms with E-state index in [1.165, 1.54) is 12.1 Å². The van der Waals surface area contributed by atoms with Crippen molar-refractivity contribution in [3.63, 3.8) is 0 Å². The van der Waals surface area contributed by atoms with Crippen LogP contribution in [-0.4, -0.2) is 44.8 Å². The molecule has 1 atom stereocenters. The van der Waals surface area contributed by atoms with E-state index in [4.69, 9.17) is 0 Å². The third-order valence-electron chi connectivity index (χ3n) is 5.49. The number of amides is 2. The van der Waals surface area contributed by atoms with Crippen LogP contribution in [0.25, 0.3) is 0 Å². The summed E-state index contributed by atoms with van der Waals surface area (Å²) >= 11 is 0. The van der Waals surface area contributed by atoms with Crippen LogP contribution in [0.1, 0.15) is 41.3 Å². The molecule has 1 unspecified atom stereocenters. The average Bonchev–Trinajstić information content (AvgIpc) is 2.78. The van der Waals surface area contributed by atoms with Crippen molar-refractivity contribution in [1.29, 1.82) is 0 Å². The smallest absolute Gasteiger partial charge is 0.254 e. The van der Waals surface area contributed by atoms with Crippen molar-refractivity contribution in [1.82, 2.24) is 14.9 Å². The lowest BCUT2D eigenvalue weighted by atomic mass is 9.96. The maximum absolute atomic E-state index is 13.2. The number of sulfonamides is 1. The van der Waals surface area contributed by atoms with Gasteiger partial charge in [0.1, 0.15) is 0 Å². The number of rotatable bonds is 7. The molecule has 1 saturated heterocycles. The Labute approximate surface area is 183 Å². The molecule has 2 aromatic rings. The molecule has 8 heteroatoms. The molecule has 1 aliphatic heterocycles. The van der Waals surface area contributed by atoms with E-state index in [1.54, 1.807) is 17.9 Å². The normalized spacial score (nSPS) is 16.7. The summed E-state index contributed by atoms with van der Waals surface area (Å²) in [6.07, 6.45) is 1.48. The standard InChI is InChI=1S/C23H29N3O4S/c1-3-24-22(27)19-10-7-13-26(16-19)23(28)21-14-20(12-11-17(21)2)31(29,30)25-15-18-8-5-4-6-9-18/h4-6,8-9,11-12,14,19,25H,3,7,10,13,15-16H2,1-2H3,(H,24,27). The number of benzene rings is 2. The zero-order valence-electron chi connectivity index (χ0n) is 17.9. The molecular formula is C23H29N3O4S. The number of likely N-dealkylation sites (tertiary alicyclic amines) is 1. The molecule has 7 nitrogen and oxygen atoms in total. The Kier molecular flexibility index (Phi) is 7.46. The topological polar surface area (TPSA) is 95.6 Å². The third-order valence-corrected chi connectivity index (χ3v) is 6.89. The van der Waals surface area contributed by atoms with Gasteiger partial charge in [0.15, 0.2) is 0 Å². The van der Waals surface area contributed by atoms with Crippen molar-refractivity contribution < 1.29 is 18.0 Å². The Hall–Kier alpha value is -2.71. The molecule has 0 aromatic heterocycles. The van der Waals surface area contributed by atoms with Crippen LogP contribution in [0, 0.1) is 12.8 Å². The number of carbonyl (C=O) groups is 2. The van der Waals surface area contributed by atoms with Crippen molar-refractivity contribution in [3.8, 4) is 0 Å². The average molecular weight is 444 g/mol. The summed E-state index contributed by atoms with van der Waals surface area (Å²) in [5.41, 5.74) is 1.89. The van der Waals surface area contributed by atoms with Crippen LogP contribution >= 0.6 is 0 Å². The van der Waals surface area contributed by atoms with Gasteiger partial charge in [-0.05, 0) is 49.9 Å². The van der Waals surface area contributed by atoms with E-state index < -0.39 is 10.0 Å². The van der Waals surface area contributed by atoms with Gasteiger partial charge in [-0.25, -0.2) is 13.1 Å². The van der Waals surface area contributed by atoms with Crippen LogP contribution in [0.5, 0.6) is 0 Å². The highest BCUT2D eigenvalue weighted by Crippen LogP contribution is 2.22. The van der Waals surface area contributed by atoms with E-state index in [9.17, 15) is 18.0 Å². The quantitative estimate of drug-likeness (QED) is 0.687. The molecule has 31 heavy (non-hydrogen) atoms. The molecule has 0 bridgehead atoms. The maximum atomic E-state index is 13.2. The van der Waals surface area contributed by atoms with Crippen molar-refractivity contribution >= 4 is 21.8 Å². The van der Waals surface area contributed by atoms with E-state index in [0.29, 0.717) is 30.8 Å². The van der Waals surface area contributed by atoms with Crippen molar-refractivity contribution in [2.24, 2.45) is 5.92 Å². The molecular weight excluding hydrogens is 414 g/mol. The maximum Gasteiger partial charge on any atom is 0.254 e. The molecule has 2 N–H and O–H groups in total. The molecule has 1 heterocycles. The summed E-state index contributed by atoms with van der Waals surface area (Å²) in [6, 6.07) is 13.8. The molecule has 1 fully saturated rings. The summed E-state index contributed by atoms with van der Waals surface area (Å²) < 4.78 is 28.2. The van der Waals surface area contributed by atoms with Gasteiger partial charge in [-0.1, -0.05) is 36.4 Å². The fourth-order valence-corrected chi connectivity index (χ4v) is 4.76. The third kappa shape index (κ3) is 5.71. The van der Waals surface area contributed by atoms with Crippen molar-refractivity contribution in [3.05, 3.63) is 65.2 Å². The minimum Gasteiger partial charge on any atom is -0.356 e. The van der Waals surface area contributed by atoms with Gasteiger partial charge in [0.2, 0.25) is 15.9 Å². The second-order valence-electron chi connectivity index (χ2n) is 7.77. The Morgan fingerprint density at radius 1 is 1.13 bits per heavy atom. The molecule has 0 saturated carbocycles. The fraction of sp³-hybridized carbons (Fsp3) is 0.391. The molecule has 3 rings (SSSR count). The Morgan fingerprint density at radius 3 is 2.58 bits per heavy atom. The highest BCUT2D eigenvalue weighted by Gasteiger charge is 2.29. The highest BCUT2D eigenvalue weighted by molar-refractivity contribution is 7.89. The second-order valence-corrected chi connectivity index (χ2v) is 9.54. The molecule has 2 amide bonds. The van der Waals surface area contributed by atoms with Gasteiger partial charge in [-0.2, -0.15) is 0 Å². The number of nitrogens with one attached hydrogen (secondary N) is 2. The largest absolute Gasteiger partial charge is 0.356 e. The summed E-state index contributed by atoms with van der Waals surface area (Å²) in [4.78, 5) is 27.1. The lowest BCUT2D eigenvalue weighted by molar-refractivity contribution is -0.126. The van der Waals surface area contributed by atoms with Gasteiger partial charge in [0, 0.05) is 31.7 Å². The van der Waals surface area contributed by atoms with Gasteiger partial charge < -0.3 is 10.2 Å². The van der Waals surface area contributed by atoms with Crippen LogP contribution < -0.4 is 10.0 Å². The van der Waals surface area contributed by atoms with Gasteiger partial charge in [0.25, 0.3) is 5.91 Å². The van der Waals surface area contributed by atoms with Crippen LogP contribution in [0.2, 0.25) is 0 Å². The lowest BCUT2D eigenvalue weighted by Gasteiger charge is -2.32. The first-order valence-corrected chi connectivity index (χ1v) is 12.0. The zero-order chi connectivity index (χ0) is 22.4. The van der Waals surface area contributed by atoms with Crippen molar-refractivity contribution in [2.45, 2.75) is 38.1 Å². The van der Waals surface area contributed by atoms with Gasteiger partial charge >= 0.3 is 0 Å². The van der Waals surface area contributed by atoms with Crippen molar-refractivity contribution in [2.75, 3.05) is 19.6 Å². The number of aryl methyl sites for hydroxylation is 1. The minimum absolute atomic E-state index is 0.0434. The SMILES string of the molecule is CCNC(=O)C1CCCN(C(=O)c2cc(S(=O)(=O)NCc3ccccc3)ccc2C)C1. The Morgan fingerprint density at radius 2 is 1.87 bits per heavy atom. The Balaban J connectivity index is 1.77. The van der Waals surface area contributed by atoms with E-state index in [0.717, 1.165) is 18.4 Å². The van der Waals surface area contributed by atoms with Crippen LogP contribution in [-0.2, 0) is 21.4 Å². The monoisotopic (exact) mass is 443 g/mol. The highest BCUT2D eigenvalue weighted by atomic mass is 32.2. The number of nitrogens with zero attached hydrogens (tertiary/aromatic N) is 1. The fourth-order valence-electron chi connectivity index (χ4n) is 3.72. The van der Waals surface area contributed by atoms with Gasteiger partial charge in [-0.3, -0.25) is 9.59 Å². The summed E-state index contributed by atoms with van der Waals surface area (Å²) in [5.74, 6) is -0.526.